The van der Waals surface area contributed by atoms with Gasteiger partial charge in [-0.3, -0.25) is 10.2 Å². The zero-order valence-corrected chi connectivity index (χ0v) is 15.3. The number of likely N-dealkylation sites (tertiary alicyclic amines) is 1. The lowest BCUT2D eigenvalue weighted by atomic mass is 9.96. The molecule has 2 heterocycles. The van der Waals surface area contributed by atoms with Crippen molar-refractivity contribution in [3.63, 3.8) is 0 Å². The van der Waals surface area contributed by atoms with Gasteiger partial charge in [-0.25, -0.2) is 4.79 Å². The summed E-state index contributed by atoms with van der Waals surface area (Å²) in [5, 5.41) is 9.35. The monoisotopic (exact) mass is 358 g/mol. The van der Waals surface area contributed by atoms with E-state index >= 15 is 0 Å². The molecule has 7 nitrogen and oxygen atoms in total. The standard InChI is InChI=1S/C19H26N4O3/c1-14-11-18(22-26-14)21-19(24)20-12-15-7-9-23(10-8-15)13-16-3-5-17(25-2)6-4-16/h3-6,11,15H,7-10,12-13H2,1-2H3,(H2,20,21,22,24). The molecule has 7 heteroatoms. The maximum absolute atomic E-state index is 11.9. The summed E-state index contributed by atoms with van der Waals surface area (Å²) in [6.45, 7) is 5.51. The third-order valence-corrected chi connectivity index (χ3v) is 4.69. The van der Waals surface area contributed by atoms with Gasteiger partial charge < -0.3 is 14.6 Å². The number of hydrogen-bond acceptors (Lipinski definition) is 5. The summed E-state index contributed by atoms with van der Waals surface area (Å²) in [7, 11) is 1.68. The fourth-order valence-electron chi connectivity index (χ4n) is 3.16. The van der Waals surface area contributed by atoms with E-state index in [4.69, 9.17) is 9.26 Å². The summed E-state index contributed by atoms with van der Waals surface area (Å²) in [6.07, 6.45) is 2.17. The fraction of sp³-hybridized carbons (Fsp3) is 0.474. The van der Waals surface area contributed by atoms with Crippen LogP contribution in [0.3, 0.4) is 0 Å². The molecule has 0 spiro atoms. The summed E-state index contributed by atoms with van der Waals surface area (Å²) < 4.78 is 10.1. The number of piperidine rings is 1. The highest BCUT2D eigenvalue weighted by molar-refractivity contribution is 5.88. The number of aromatic nitrogens is 1. The molecule has 1 aromatic carbocycles. The van der Waals surface area contributed by atoms with Crippen molar-refractivity contribution in [2.45, 2.75) is 26.3 Å². The van der Waals surface area contributed by atoms with Gasteiger partial charge >= 0.3 is 6.03 Å². The van der Waals surface area contributed by atoms with E-state index in [-0.39, 0.29) is 6.03 Å². The smallest absolute Gasteiger partial charge is 0.320 e. The Bertz CT molecular complexity index is 706. The van der Waals surface area contributed by atoms with Crippen molar-refractivity contribution in [1.29, 1.82) is 0 Å². The van der Waals surface area contributed by atoms with Gasteiger partial charge in [0.25, 0.3) is 0 Å². The van der Waals surface area contributed by atoms with E-state index < -0.39 is 0 Å². The number of rotatable bonds is 6. The quantitative estimate of drug-likeness (QED) is 0.830. The average molecular weight is 358 g/mol. The molecule has 1 saturated heterocycles. The predicted octanol–water partition coefficient (Wildman–Crippen LogP) is 3.03. The van der Waals surface area contributed by atoms with Crippen LogP contribution in [0.5, 0.6) is 5.75 Å². The highest BCUT2D eigenvalue weighted by Gasteiger charge is 2.20. The molecule has 1 aliphatic rings. The molecule has 1 aromatic heterocycles. The third-order valence-electron chi connectivity index (χ3n) is 4.69. The molecule has 1 aliphatic heterocycles. The van der Waals surface area contributed by atoms with Crippen LogP contribution in [0.4, 0.5) is 10.6 Å². The molecule has 2 amide bonds. The minimum atomic E-state index is -0.237. The van der Waals surface area contributed by atoms with Crippen LogP contribution in [0, 0.1) is 12.8 Å². The van der Waals surface area contributed by atoms with Crippen molar-refractivity contribution >= 4 is 11.8 Å². The highest BCUT2D eigenvalue weighted by Crippen LogP contribution is 2.19. The second kappa shape index (κ2) is 8.71. The second-order valence-corrected chi connectivity index (χ2v) is 6.73. The number of nitrogens with zero attached hydrogens (tertiary/aromatic N) is 2. The SMILES string of the molecule is COc1ccc(CN2CCC(CNC(=O)Nc3cc(C)on3)CC2)cc1. The number of nitrogens with one attached hydrogen (secondary N) is 2. The Labute approximate surface area is 153 Å². The lowest BCUT2D eigenvalue weighted by Crippen LogP contribution is -2.39. The number of carbonyl (C=O) groups is 1. The van der Waals surface area contributed by atoms with E-state index in [2.05, 4.69) is 32.8 Å². The number of methoxy groups -OCH3 is 1. The van der Waals surface area contributed by atoms with Crippen LogP contribution < -0.4 is 15.4 Å². The van der Waals surface area contributed by atoms with E-state index in [1.54, 1.807) is 20.1 Å². The zero-order valence-electron chi connectivity index (χ0n) is 15.3. The summed E-state index contributed by atoms with van der Waals surface area (Å²) in [6, 6.07) is 9.68. The number of benzene rings is 1. The van der Waals surface area contributed by atoms with Gasteiger partial charge in [0.15, 0.2) is 5.82 Å². The van der Waals surface area contributed by atoms with Gasteiger partial charge in [-0.1, -0.05) is 17.3 Å². The van der Waals surface area contributed by atoms with Gasteiger partial charge in [0, 0.05) is 19.2 Å². The molecule has 3 rings (SSSR count). The number of aryl methyl sites for hydroxylation is 1. The zero-order chi connectivity index (χ0) is 18.4. The van der Waals surface area contributed by atoms with E-state index in [1.165, 1.54) is 5.56 Å². The molecule has 0 saturated carbocycles. The summed E-state index contributed by atoms with van der Waals surface area (Å²) in [5.74, 6) is 2.50. The van der Waals surface area contributed by atoms with Crippen molar-refractivity contribution in [3.05, 3.63) is 41.7 Å². The number of anilines is 1. The molecule has 2 N–H and O–H groups in total. The maximum atomic E-state index is 11.9. The molecule has 26 heavy (non-hydrogen) atoms. The van der Waals surface area contributed by atoms with Gasteiger partial charge in [-0.15, -0.1) is 0 Å². The Morgan fingerprint density at radius 2 is 2.04 bits per heavy atom. The molecule has 2 aromatic rings. The van der Waals surface area contributed by atoms with E-state index in [0.29, 0.717) is 24.0 Å². The first-order chi connectivity index (χ1) is 12.6. The highest BCUT2D eigenvalue weighted by atomic mass is 16.5. The molecule has 0 aliphatic carbocycles. The van der Waals surface area contributed by atoms with Crippen molar-refractivity contribution in [1.82, 2.24) is 15.4 Å². The molecular weight excluding hydrogens is 332 g/mol. The topological polar surface area (TPSA) is 79.6 Å². The van der Waals surface area contributed by atoms with Gasteiger partial charge in [0.2, 0.25) is 0 Å². The molecule has 140 valence electrons. The lowest BCUT2D eigenvalue weighted by molar-refractivity contribution is 0.175. The van der Waals surface area contributed by atoms with Crippen LogP contribution >= 0.6 is 0 Å². The lowest BCUT2D eigenvalue weighted by Gasteiger charge is -2.32. The minimum Gasteiger partial charge on any atom is -0.497 e. The number of urea groups is 1. The number of ether oxygens (including phenoxy) is 1. The first kappa shape index (κ1) is 18.3. The summed E-state index contributed by atoms with van der Waals surface area (Å²) in [5.41, 5.74) is 1.30. The first-order valence-electron chi connectivity index (χ1n) is 8.96. The molecule has 0 unspecified atom stereocenters. The number of amides is 2. The van der Waals surface area contributed by atoms with Crippen LogP contribution in [0.15, 0.2) is 34.9 Å². The summed E-state index contributed by atoms with van der Waals surface area (Å²) >= 11 is 0. The van der Waals surface area contributed by atoms with Crippen molar-refractivity contribution in [2.24, 2.45) is 5.92 Å². The van der Waals surface area contributed by atoms with Crippen LogP contribution in [-0.2, 0) is 6.54 Å². The molecule has 1 fully saturated rings. The normalized spacial score (nSPS) is 15.6. The minimum absolute atomic E-state index is 0.237. The third kappa shape index (κ3) is 5.23. The van der Waals surface area contributed by atoms with Gasteiger partial charge in [-0.2, -0.15) is 0 Å². The Kier molecular flexibility index (Phi) is 6.12. The Morgan fingerprint density at radius 1 is 1.31 bits per heavy atom. The van der Waals surface area contributed by atoms with Gasteiger partial charge in [0.05, 0.1) is 7.11 Å². The van der Waals surface area contributed by atoms with E-state index in [0.717, 1.165) is 38.2 Å². The van der Waals surface area contributed by atoms with Crippen molar-refractivity contribution in [3.8, 4) is 5.75 Å². The molecule has 0 atom stereocenters. The number of hydrogen-bond donors (Lipinski definition) is 2. The summed E-state index contributed by atoms with van der Waals surface area (Å²) in [4.78, 5) is 14.4. The van der Waals surface area contributed by atoms with Crippen LogP contribution in [0.2, 0.25) is 0 Å². The Hall–Kier alpha value is -2.54. The number of carbonyl (C=O) groups excluding carboxylic acids is 1. The Morgan fingerprint density at radius 3 is 2.65 bits per heavy atom. The van der Waals surface area contributed by atoms with Crippen molar-refractivity contribution in [2.75, 3.05) is 32.1 Å². The molecular formula is C19H26N4O3. The van der Waals surface area contributed by atoms with Crippen LogP contribution in [0.1, 0.15) is 24.2 Å². The molecule has 0 radical (unpaired) electrons. The van der Waals surface area contributed by atoms with Crippen LogP contribution in [0.25, 0.3) is 0 Å². The average Bonchev–Trinajstić information content (AvgIpc) is 3.06. The molecule has 0 bridgehead atoms. The first-order valence-corrected chi connectivity index (χ1v) is 8.96. The largest absolute Gasteiger partial charge is 0.497 e. The second-order valence-electron chi connectivity index (χ2n) is 6.73. The van der Waals surface area contributed by atoms with Gasteiger partial charge in [0.1, 0.15) is 11.5 Å². The maximum Gasteiger partial charge on any atom is 0.320 e. The van der Waals surface area contributed by atoms with Gasteiger partial charge in [-0.05, 0) is 56.5 Å². The van der Waals surface area contributed by atoms with Crippen molar-refractivity contribution < 1.29 is 14.1 Å². The van der Waals surface area contributed by atoms with Crippen LogP contribution in [-0.4, -0.2) is 42.8 Å². The Balaban J connectivity index is 1.36. The van der Waals surface area contributed by atoms with E-state index in [1.807, 2.05) is 12.1 Å². The predicted molar refractivity (Wildman–Crippen MR) is 99.3 cm³/mol. The van der Waals surface area contributed by atoms with E-state index in [9.17, 15) is 4.79 Å². The fourth-order valence-corrected chi connectivity index (χ4v) is 3.16.